The van der Waals surface area contributed by atoms with Gasteiger partial charge in [-0.05, 0) is 31.5 Å². The van der Waals surface area contributed by atoms with E-state index in [1.807, 2.05) is 11.8 Å². The normalized spacial score (nSPS) is 23.1. The Hall–Kier alpha value is -0.470. The zero-order valence-corrected chi connectivity index (χ0v) is 10.6. The van der Waals surface area contributed by atoms with E-state index >= 15 is 0 Å². The molecular weight excluding hydrogens is 204 g/mol. The summed E-state index contributed by atoms with van der Waals surface area (Å²) in [4.78, 5) is 1.34. The molecule has 2 rings (SSSR count). The first kappa shape index (κ1) is 11.0. The fraction of sp³-hybridized carbons (Fsp3) is 0.538. The Morgan fingerprint density at radius 2 is 1.73 bits per heavy atom. The highest BCUT2D eigenvalue weighted by molar-refractivity contribution is 7.99. The fourth-order valence-corrected chi connectivity index (χ4v) is 2.57. The molecular formula is C13H18OS. The van der Waals surface area contributed by atoms with Gasteiger partial charge in [0.15, 0.2) is 0 Å². The van der Waals surface area contributed by atoms with Crippen LogP contribution in [0.1, 0.15) is 39.4 Å². The first-order chi connectivity index (χ1) is 6.99. The molecule has 0 amide bonds. The highest BCUT2D eigenvalue weighted by Crippen LogP contribution is 2.48. The van der Waals surface area contributed by atoms with Gasteiger partial charge in [-0.2, -0.15) is 0 Å². The lowest BCUT2D eigenvalue weighted by molar-refractivity contribution is 0.325. The van der Waals surface area contributed by atoms with Crippen LogP contribution in [0.25, 0.3) is 0 Å². The standard InChI is InChI=1S/C13H18OS/c1-9(2)15-11-7-5-10(6-8-11)12-13(3,4)14-12/h5-9,12H,1-4H3. The molecule has 0 aromatic heterocycles. The van der Waals surface area contributed by atoms with Crippen molar-refractivity contribution in [2.75, 3.05) is 0 Å². The minimum atomic E-state index is 0.0483. The maximum absolute atomic E-state index is 5.60. The van der Waals surface area contributed by atoms with Crippen molar-refractivity contribution in [1.29, 1.82) is 0 Å². The van der Waals surface area contributed by atoms with Crippen molar-refractivity contribution in [2.24, 2.45) is 0 Å². The Morgan fingerprint density at radius 1 is 1.20 bits per heavy atom. The molecule has 1 aliphatic heterocycles. The van der Waals surface area contributed by atoms with Crippen molar-refractivity contribution < 1.29 is 4.74 Å². The molecule has 1 aromatic rings. The van der Waals surface area contributed by atoms with E-state index in [2.05, 4.69) is 52.0 Å². The van der Waals surface area contributed by atoms with Gasteiger partial charge >= 0.3 is 0 Å². The van der Waals surface area contributed by atoms with Crippen LogP contribution >= 0.6 is 11.8 Å². The number of rotatable bonds is 3. The largest absolute Gasteiger partial charge is 0.362 e. The summed E-state index contributed by atoms with van der Waals surface area (Å²) in [5.41, 5.74) is 1.35. The van der Waals surface area contributed by atoms with Gasteiger partial charge in [0.25, 0.3) is 0 Å². The Bertz CT molecular complexity index is 340. The van der Waals surface area contributed by atoms with Gasteiger partial charge in [-0.15, -0.1) is 11.8 Å². The first-order valence-electron chi connectivity index (χ1n) is 5.43. The third kappa shape index (κ3) is 2.56. The third-order valence-corrected chi connectivity index (χ3v) is 3.57. The highest BCUT2D eigenvalue weighted by atomic mass is 32.2. The molecule has 1 saturated heterocycles. The monoisotopic (exact) mass is 222 g/mol. The molecule has 0 saturated carbocycles. The quantitative estimate of drug-likeness (QED) is 0.565. The molecule has 2 heteroatoms. The molecule has 15 heavy (non-hydrogen) atoms. The topological polar surface area (TPSA) is 12.5 Å². The zero-order chi connectivity index (χ0) is 11.1. The van der Waals surface area contributed by atoms with Crippen LogP contribution in [0.3, 0.4) is 0 Å². The average molecular weight is 222 g/mol. The summed E-state index contributed by atoms with van der Waals surface area (Å²) in [5, 5.41) is 0.643. The lowest BCUT2D eigenvalue weighted by Crippen LogP contribution is -1.97. The molecule has 0 aliphatic carbocycles. The lowest BCUT2D eigenvalue weighted by Gasteiger charge is -2.05. The van der Waals surface area contributed by atoms with E-state index in [0.717, 1.165) is 0 Å². The molecule has 0 radical (unpaired) electrons. The summed E-state index contributed by atoms with van der Waals surface area (Å²) in [5.74, 6) is 0. The molecule has 1 unspecified atom stereocenters. The summed E-state index contributed by atoms with van der Waals surface area (Å²) in [7, 11) is 0. The first-order valence-corrected chi connectivity index (χ1v) is 6.31. The number of thioether (sulfide) groups is 1. The van der Waals surface area contributed by atoms with Crippen LogP contribution in [0, 0.1) is 0 Å². The number of hydrogen-bond donors (Lipinski definition) is 0. The smallest absolute Gasteiger partial charge is 0.112 e. The van der Waals surface area contributed by atoms with Crippen LogP contribution in [0.2, 0.25) is 0 Å². The third-order valence-electron chi connectivity index (χ3n) is 2.55. The summed E-state index contributed by atoms with van der Waals surface area (Å²) < 4.78 is 5.60. The van der Waals surface area contributed by atoms with E-state index < -0.39 is 0 Å². The van der Waals surface area contributed by atoms with E-state index in [1.54, 1.807) is 0 Å². The van der Waals surface area contributed by atoms with Gasteiger partial charge in [-0.3, -0.25) is 0 Å². The second kappa shape index (κ2) is 3.84. The molecule has 1 atom stereocenters. The molecule has 0 spiro atoms. The van der Waals surface area contributed by atoms with Gasteiger partial charge in [-0.25, -0.2) is 0 Å². The lowest BCUT2D eigenvalue weighted by atomic mass is 10.0. The van der Waals surface area contributed by atoms with Crippen molar-refractivity contribution in [2.45, 2.75) is 49.5 Å². The number of hydrogen-bond acceptors (Lipinski definition) is 2. The van der Waals surface area contributed by atoms with Gasteiger partial charge in [0.1, 0.15) is 6.10 Å². The van der Waals surface area contributed by atoms with Crippen LogP contribution in [0.5, 0.6) is 0 Å². The highest BCUT2D eigenvalue weighted by Gasteiger charge is 2.48. The van der Waals surface area contributed by atoms with Crippen LogP contribution < -0.4 is 0 Å². The molecule has 1 nitrogen and oxygen atoms in total. The van der Waals surface area contributed by atoms with Crippen LogP contribution in [-0.2, 0) is 4.74 Å². The van der Waals surface area contributed by atoms with Gasteiger partial charge in [-0.1, -0.05) is 26.0 Å². The summed E-state index contributed by atoms with van der Waals surface area (Å²) in [6, 6.07) is 8.75. The summed E-state index contributed by atoms with van der Waals surface area (Å²) in [6.07, 6.45) is 0.301. The van der Waals surface area contributed by atoms with E-state index in [0.29, 0.717) is 11.4 Å². The van der Waals surface area contributed by atoms with Crippen molar-refractivity contribution in [3.63, 3.8) is 0 Å². The van der Waals surface area contributed by atoms with Crippen molar-refractivity contribution >= 4 is 11.8 Å². The van der Waals surface area contributed by atoms with Gasteiger partial charge in [0.2, 0.25) is 0 Å². The predicted octanol–water partition coefficient (Wildman–Crippen LogP) is 4.04. The maximum atomic E-state index is 5.60. The SMILES string of the molecule is CC(C)Sc1ccc(C2OC2(C)C)cc1. The maximum Gasteiger partial charge on any atom is 0.112 e. The van der Waals surface area contributed by atoms with Crippen molar-refractivity contribution in [1.82, 2.24) is 0 Å². The van der Waals surface area contributed by atoms with Gasteiger partial charge in [0, 0.05) is 10.1 Å². The number of epoxide rings is 1. The number of benzene rings is 1. The van der Waals surface area contributed by atoms with E-state index in [-0.39, 0.29) is 5.60 Å². The van der Waals surface area contributed by atoms with Crippen molar-refractivity contribution in [3.8, 4) is 0 Å². The minimum Gasteiger partial charge on any atom is -0.362 e. The van der Waals surface area contributed by atoms with Crippen LogP contribution in [0.4, 0.5) is 0 Å². The number of ether oxygens (including phenoxy) is 1. The van der Waals surface area contributed by atoms with Gasteiger partial charge < -0.3 is 4.74 Å². The molecule has 1 aromatic carbocycles. The molecule has 1 aliphatic rings. The molecule has 0 bridgehead atoms. The Labute approximate surface area is 96.2 Å². The Kier molecular flexibility index (Phi) is 2.82. The van der Waals surface area contributed by atoms with Crippen LogP contribution in [-0.4, -0.2) is 10.9 Å². The Balaban J connectivity index is 2.05. The minimum absolute atomic E-state index is 0.0483. The predicted molar refractivity (Wildman–Crippen MR) is 65.3 cm³/mol. The average Bonchev–Trinajstić information content (AvgIpc) is 2.75. The van der Waals surface area contributed by atoms with Gasteiger partial charge in [0.05, 0.1) is 5.60 Å². The molecule has 1 fully saturated rings. The van der Waals surface area contributed by atoms with Crippen molar-refractivity contribution in [3.05, 3.63) is 29.8 Å². The van der Waals surface area contributed by atoms with E-state index in [9.17, 15) is 0 Å². The second-order valence-electron chi connectivity index (χ2n) is 4.84. The second-order valence-corrected chi connectivity index (χ2v) is 6.49. The molecule has 1 heterocycles. The fourth-order valence-electron chi connectivity index (χ4n) is 1.73. The van der Waals surface area contributed by atoms with E-state index in [4.69, 9.17) is 4.74 Å². The Morgan fingerprint density at radius 3 is 2.13 bits per heavy atom. The van der Waals surface area contributed by atoms with E-state index in [1.165, 1.54) is 10.5 Å². The zero-order valence-electron chi connectivity index (χ0n) is 9.78. The summed E-state index contributed by atoms with van der Waals surface area (Å²) in [6.45, 7) is 8.69. The molecule has 82 valence electrons. The molecule has 0 N–H and O–H groups in total. The van der Waals surface area contributed by atoms with Crippen LogP contribution in [0.15, 0.2) is 29.2 Å². The summed E-state index contributed by atoms with van der Waals surface area (Å²) >= 11 is 1.90.